The molecule has 0 bridgehead atoms. The smallest absolute Gasteiger partial charge is 0.872 e. The van der Waals surface area contributed by atoms with E-state index < -0.39 is 0 Å². The van der Waals surface area contributed by atoms with Crippen molar-refractivity contribution in [1.82, 2.24) is 0 Å². The minimum absolute atomic E-state index is 0. The van der Waals surface area contributed by atoms with Gasteiger partial charge in [-0.3, -0.25) is 0 Å². The topological polar surface area (TPSA) is 51.2 Å². The summed E-state index contributed by atoms with van der Waals surface area (Å²) in [6.07, 6.45) is 0. The van der Waals surface area contributed by atoms with Crippen LogP contribution in [-0.4, -0.2) is 0 Å². The Morgan fingerprint density at radius 3 is 2.10 bits per heavy atom. The summed E-state index contributed by atoms with van der Waals surface area (Å²) in [7, 11) is 0. The van der Waals surface area contributed by atoms with Crippen LogP contribution in [0.25, 0.3) is 4.98 Å². The first-order valence-corrected chi connectivity index (χ1v) is 2.45. The number of rotatable bonds is 0. The average molecular weight is 253 g/mol. The third-order valence-corrected chi connectivity index (χ3v) is 0.952. The Kier molecular flexibility index (Phi) is 5.44. The van der Waals surface area contributed by atoms with Crippen molar-refractivity contribution in [3.05, 3.63) is 29.2 Å². The fourth-order valence-corrected chi connectivity index (χ4v) is 0.513. The predicted octanol–water partition coefficient (Wildman–Crippen LogP) is -1.75. The molecule has 0 aliphatic carbocycles. The van der Waals surface area contributed by atoms with Crippen molar-refractivity contribution >= 4 is 5.69 Å². The number of hydrogen-bond acceptors (Lipinski definition) is 2. The van der Waals surface area contributed by atoms with E-state index in [0.29, 0.717) is 5.69 Å². The van der Waals surface area contributed by atoms with Crippen LogP contribution >= 0.6 is 0 Å². The fraction of sp³-hybridized carbons (Fsp3) is 0. The molecule has 0 saturated carbocycles. The molecule has 44 valence electrons. The van der Waals surface area contributed by atoms with Gasteiger partial charge >= 0.3 is 74.6 Å². The molecule has 4 heteroatoms. The summed E-state index contributed by atoms with van der Waals surface area (Å²) < 4.78 is 0. The summed E-state index contributed by atoms with van der Waals surface area (Å²) in [5.74, 6) is -0.0811. The summed E-state index contributed by atoms with van der Waals surface area (Å²) in [4.78, 5) is 2.87. The SMILES string of the molecule is N#[N+]c1ccc([O-])cc1.[Cs+]. The van der Waals surface area contributed by atoms with Crippen molar-refractivity contribution in [2.45, 2.75) is 0 Å². The van der Waals surface area contributed by atoms with Crippen molar-refractivity contribution in [2.75, 3.05) is 0 Å². The van der Waals surface area contributed by atoms with Gasteiger partial charge in [-0.25, -0.2) is 0 Å². The van der Waals surface area contributed by atoms with E-state index in [4.69, 9.17) is 5.39 Å². The molecule has 1 aromatic rings. The molecule has 0 aliphatic heterocycles. The first-order chi connectivity index (χ1) is 4.33. The van der Waals surface area contributed by atoms with Crippen LogP contribution < -0.4 is 74.0 Å². The van der Waals surface area contributed by atoms with Crippen LogP contribution in [0, 0.1) is 5.39 Å². The third kappa shape index (κ3) is 3.05. The van der Waals surface area contributed by atoms with Gasteiger partial charge in [0.05, 0.1) is 0 Å². The van der Waals surface area contributed by atoms with Gasteiger partial charge in [-0.15, -0.1) is 5.75 Å². The molecule has 0 spiro atoms. The summed E-state index contributed by atoms with van der Waals surface area (Å²) in [5, 5.41) is 18.6. The molecule has 0 aromatic heterocycles. The van der Waals surface area contributed by atoms with Gasteiger partial charge in [-0.2, -0.15) is 0 Å². The van der Waals surface area contributed by atoms with Gasteiger partial charge in [0.25, 0.3) is 0 Å². The van der Waals surface area contributed by atoms with Crippen LogP contribution in [0.1, 0.15) is 0 Å². The molecule has 10 heavy (non-hydrogen) atoms. The predicted molar refractivity (Wildman–Crippen MR) is 30.6 cm³/mol. The normalized spacial score (nSPS) is 7.50. The van der Waals surface area contributed by atoms with Crippen molar-refractivity contribution in [3.63, 3.8) is 0 Å². The summed E-state index contributed by atoms with van der Waals surface area (Å²) in [6.45, 7) is 0. The minimum atomic E-state index is -0.0811. The van der Waals surface area contributed by atoms with E-state index in [1.807, 2.05) is 0 Å². The second kappa shape index (κ2) is 5.18. The Balaban J connectivity index is 0.000000810. The van der Waals surface area contributed by atoms with Gasteiger partial charge in [0.2, 0.25) is 5.39 Å². The first kappa shape index (κ1) is 10.5. The van der Waals surface area contributed by atoms with Gasteiger partial charge in [0.1, 0.15) is 0 Å². The van der Waals surface area contributed by atoms with Gasteiger partial charge in [0, 0.05) is 12.1 Å². The fourth-order valence-electron chi connectivity index (χ4n) is 0.513. The van der Waals surface area contributed by atoms with Gasteiger partial charge in [0.15, 0.2) is 4.98 Å². The molecule has 0 atom stereocenters. The molecule has 0 fully saturated rings. The number of benzene rings is 1. The molecule has 0 saturated heterocycles. The maximum Gasteiger partial charge on any atom is 1.00 e. The molecule has 0 N–H and O–H groups in total. The van der Waals surface area contributed by atoms with E-state index in [1.54, 1.807) is 0 Å². The molecule has 0 amide bonds. The summed E-state index contributed by atoms with van der Waals surface area (Å²) >= 11 is 0. The number of hydrogen-bond donors (Lipinski definition) is 0. The molecule has 3 nitrogen and oxygen atoms in total. The van der Waals surface area contributed by atoms with E-state index in [1.165, 1.54) is 24.3 Å². The molecular weight excluding hydrogens is 249 g/mol. The molecule has 0 aliphatic rings. The van der Waals surface area contributed by atoms with Crippen LogP contribution in [0.15, 0.2) is 24.3 Å². The molecular formula is C6H4CsN2O+. The Morgan fingerprint density at radius 1 is 1.20 bits per heavy atom. The molecule has 0 unspecified atom stereocenters. The van der Waals surface area contributed by atoms with E-state index in [9.17, 15) is 5.11 Å². The van der Waals surface area contributed by atoms with Crippen LogP contribution in [0.3, 0.4) is 0 Å². The summed E-state index contributed by atoms with van der Waals surface area (Å²) in [5.41, 5.74) is 0.398. The Bertz CT molecular complexity index is 239. The second-order valence-corrected chi connectivity index (χ2v) is 1.59. The largest absolute Gasteiger partial charge is 1.00 e. The van der Waals surface area contributed by atoms with Gasteiger partial charge in [-0.05, 0) is 0 Å². The number of diazo groups is 1. The second-order valence-electron chi connectivity index (χ2n) is 1.59. The Morgan fingerprint density at radius 2 is 1.70 bits per heavy atom. The zero-order valence-electron chi connectivity index (χ0n) is 5.61. The van der Waals surface area contributed by atoms with Crippen molar-refractivity contribution < 1.29 is 74.0 Å². The van der Waals surface area contributed by atoms with E-state index in [0.717, 1.165) is 0 Å². The molecule has 1 aromatic carbocycles. The van der Waals surface area contributed by atoms with E-state index >= 15 is 0 Å². The third-order valence-electron chi connectivity index (χ3n) is 0.952. The number of nitrogens with zero attached hydrogens (tertiary/aromatic N) is 2. The maximum atomic E-state index is 10.4. The molecule has 1 rings (SSSR count). The van der Waals surface area contributed by atoms with Gasteiger partial charge in [-0.1, -0.05) is 12.1 Å². The zero-order chi connectivity index (χ0) is 6.69. The van der Waals surface area contributed by atoms with Crippen LogP contribution in [0.4, 0.5) is 5.69 Å². The maximum absolute atomic E-state index is 10.4. The Hall–Kier alpha value is 0.492. The van der Waals surface area contributed by atoms with Crippen LogP contribution in [0.5, 0.6) is 5.75 Å². The van der Waals surface area contributed by atoms with E-state index in [2.05, 4.69) is 4.98 Å². The van der Waals surface area contributed by atoms with E-state index in [-0.39, 0.29) is 74.6 Å². The minimum Gasteiger partial charge on any atom is -0.872 e. The molecule has 0 radical (unpaired) electrons. The Labute approximate surface area is 117 Å². The van der Waals surface area contributed by atoms with Crippen molar-refractivity contribution in [1.29, 1.82) is 5.39 Å². The average Bonchev–Trinajstić information content (AvgIpc) is 1.90. The quantitative estimate of drug-likeness (QED) is 0.515. The summed E-state index contributed by atoms with van der Waals surface area (Å²) in [6, 6.07) is 5.58. The molecule has 0 heterocycles. The monoisotopic (exact) mass is 253 g/mol. The van der Waals surface area contributed by atoms with Crippen molar-refractivity contribution in [2.24, 2.45) is 0 Å². The van der Waals surface area contributed by atoms with Gasteiger partial charge < -0.3 is 5.11 Å². The van der Waals surface area contributed by atoms with Crippen LogP contribution in [-0.2, 0) is 0 Å². The first-order valence-electron chi connectivity index (χ1n) is 2.45. The zero-order valence-corrected chi connectivity index (χ0v) is 11.9. The van der Waals surface area contributed by atoms with Crippen molar-refractivity contribution in [3.8, 4) is 5.75 Å². The standard InChI is InChI=1S/C6H4N2O.Cs/c7-8-5-1-3-6(9)4-2-5;/h1-4H;/q;+1. The van der Waals surface area contributed by atoms with Crippen LogP contribution in [0.2, 0.25) is 0 Å².